The van der Waals surface area contributed by atoms with Gasteiger partial charge in [-0.25, -0.2) is 4.79 Å². The zero-order valence-corrected chi connectivity index (χ0v) is 12.3. The van der Waals surface area contributed by atoms with Crippen molar-refractivity contribution in [3.63, 3.8) is 0 Å². The number of amides is 2. The van der Waals surface area contributed by atoms with Gasteiger partial charge in [0.2, 0.25) is 0 Å². The molecular formula is C13H26N2O2S. The molecule has 2 amide bonds. The third kappa shape index (κ3) is 5.96. The average molecular weight is 274 g/mol. The van der Waals surface area contributed by atoms with E-state index >= 15 is 0 Å². The van der Waals surface area contributed by atoms with Gasteiger partial charge in [0, 0.05) is 6.04 Å². The largest absolute Gasteiger partial charge is 0.391 e. The Hall–Kier alpha value is -0.420. The number of aliphatic hydroxyl groups excluding tert-OH is 1. The van der Waals surface area contributed by atoms with Gasteiger partial charge in [-0.3, -0.25) is 0 Å². The van der Waals surface area contributed by atoms with Crippen molar-refractivity contribution in [2.24, 2.45) is 0 Å². The molecule has 0 heterocycles. The Morgan fingerprint density at radius 3 is 2.83 bits per heavy atom. The highest BCUT2D eigenvalue weighted by Gasteiger charge is 2.24. The maximum absolute atomic E-state index is 11.8. The summed E-state index contributed by atoms with van der Waals surface area (Å²) in [5.41, 5.74) is 0. The molecule has 0 aromatic rings. The van der Waals surface area contributed by atoms with Crippen molar-refractivity contribution in [1.82, 2.24) is 10.6 Å². The Labute approximate surface area is 114 Å². The smallest absolute Gasteiger partial charge is 0.315 e. The summed E-state index contributed by atoms with van der Waals surface area (Å²) < 4.78 is 0. The first-order chi connectivity index (χ1) is 8.63. The van der Waals surface area contributed by atoms with Gasteiger partial charge in [-0.1, -0.05) is 19.8 Å². The molecule has 0 spiro atoms. The standard InChI is InChI=1S/C13H26N2O2S/c1-3-18-9-8-10(2)14-13(17)15-11-6-4-5-7-12(11)16/h10-12,16H,3-9H2,1-2H3,(H2,14,15,17)/t10-,11+,12-/m0/s1. The van der Waals surface area contributed by atoms with Crippen LogP contribution in [0.4, 0.5) is 4.79 Å². The average Bonchev–Trinajstić information content (AvgIpc) is 2.32. The van der Waals surface area contributed by atoms with E-state index in [1.807, 2.05) is 18.7 Å². The Morgan fingerprint density at radius 2 is 2.17 bits per heavy atom. The van der Waals surface area contributed by atoms with Crippen LogP contribution in [0.5, 0.6) is 0 Å². The number of carbonyl (C=O) groups excluding carboxylic acids is 1. The summed E-state index contributed by atoms with van der Waals surface area (Å²) in [5.74, 6) is 2.19. The second kappa shape index (κ2) is 8.64. The van der Waals surface area contributed by atoms with E-state index in [-0.39, 0.29) is 24.2 Å². The molecule has 0 aromatic heterocycles. The number of urea groups is 1. The molecule has 0 aromatic carbocycles. The molecular weight excluding hydrogens is 248 g/mol. The van der Waals surface area contributed by atoms with Crippen molar-refractivity contribution in [3.8, 4) is 0 Å². The SMILES string of the molecule is CCSCC[C@H](C)NC(=O)N[C@@H]1CCCC[C@@H]1O. The summed E-state index contributed by atoms with van der Waals surface area (Å²) in [4.78, 5) is 11.8. The first-order valence-corrected chi connectivity index (χ1v) is 8.11. The van der Waals surface area contributed by atoms with Gasteiger partial charge in [0.05, 0.1) is 12.1 Å². The molecule has 1 fully saturated rings. The van der Waals surface area contributed by atoms with E-state index in [0.29, 0.717) is 0 Å². The van der Waals surface area contributed by atoms with Crippen LogP contribution in [0.2, 0.25) is 0 Å². The van der Waals surface area contributed by atoms with Gasteiger partial charge in [0.15, 0.2) is 0 Å². The van der Waals surface area contributed by atoms with Crippen LogP contribution >= 0.6 is 11.8 Å². The van der Waals surface area contributed by atoms with E-state index in [0.717, 1.165) is 43.6 Å². The molecule has 0 saturated heterocycles. The summed E-state index contributed by atoms with van der Waals surface area (Å²) in [6, 6.07) is -0.0318. The van der Waals surface area contributed by atoms with Crippen molar-refractivity contribution in [2.75, 3.05) is 11.5 Å². The van der Waals surface area contributed by atoms with Crippen molar-refractivity contribution in [1.29, 1.82) is 0 Å². The van der Waals surface area contributed by atoms with Crippen molar-refractivity contribution < 1.29 is 9.90 Å². The normalized spacial score (nSPS) is 25.5. The molecule has 3 N–H and O–H groups in total. The van der Waals surface area contributed by atoms with E-state index in [9.17, 15) is 9.90 Å². The molecule has 18 heavy (non-hydrogen) atoms. The van der Waals surface area contributed by atoms with Crippen LogP contribution in [0, 0.1) is 0 Å². The lowest BCUT2D eigenvalue weighted by Gasteiger charge is -2.29. The number of hydrogen-bond acceptors (Lipinski definition) is 3. The molecule has 1 rings (SSSR count). The second-order valence-electron chi connectivity index (χ2n) is 4.96. The zero-order valence-electron chi connectivity index (χ0n) is 11.4. The van der Waals surface area contributed by atoms with Gasteiger partial charge in [0.1, 0.15) is 0 Å². The Kier molecular flexibility index (Phi) is 7.51. The van der Waals surface area contributed by atoms with Crippen LogP contribution in [0.3, 0.4) is 0 Å². The minimum absolute atomic E-state index is 0.0732. The van der Waals surface area contributed by atoms with Crippen molar-refractivity contribution >= 4 is 17.8 Å². The Morgan fingerprint density at radius 1 is 1.44 bits per heavy atom. The fourth-order valence-electron chi connectivity index (χ4n) is 2.19. The lowest BCUT2D eigenvalue weighted by Crippen LogP contribution is -2.50. The Balaban J connectivity index is 2.19. The van der Waals surface area contributed by atoms with Crippen molar-refractivity contribution in [3.05, 3.63) is 0 Å². The molecule has 3 atom stereocenters. The molecule has 0 radical (unpaired) electrons. The van der Waals surface area contributed by atoms with Crippen LogP contribution in [0.1, 0.15) is 46.0 Å². The van der Waals surface area contributed by atoms with Gasteiger partial charge in [-0.15, -0.1) is 0 Å². The van der Waals surface area contributed by atoms with Gasteiger partial charge < -0.3 is 15.7 Å². The number of hydrogen-bond donors (Lipinski definition) is 3. The summed E-state index contributed by atoms with van der Waals surface area (Å²) in [5, 5.41) is 15.6. The van der Waals surface area contributed by atoms with Gasteiger partial charge in [0.25, 0.3) is 0 Å². The number of thioether (sulfide) groups is 1. The molecule has 0 unspecified atom stereocenters. The minimum atomic E-state index is -0.379. The molecule has 1 aliphatic carbocycles. The maximum Gasteiger partial charge on any atom is 0.315 e. The fourth-order valence-corrected chi connectivity index (χ4v) is 3.00. The van der Waals surface area contributed by atoms with Crippen LogP contribution in [0.15, 0.2) is 0 Å². The summed E-state index contributed by atoms with van der Waals surface area (Å²) >= 11 is 1.89. The summed E-state index contributed by atoms with van der Waals surface area (Å²) in [6.07, 6.45) is 4.44. The second-order valence-corrected chi connectivity index (χ2v) is 6.36. The highest BCUT2D eigenvalue weighted by Crippen LogP contribution is 2.18. The van der Waals surface area contributed by atoms with E-state index < -0.39 is 0 Å². The zero-order chi connectivity index (χ0) is 13.4. The maximum atomic E-state index is 11.8. The molecule has 1 aliphatic rings. The van der Waals surface area contributed by atoms with Crippen molar-refractivity contribution in [2.45, 2.75) is 64.1 Å². The number of nitrogens with one attached hydrogen (secondary N) is 2. The minimum Gasteiger partial charge on any atom is -0.391 e. The third-order valence-electron chi connectivity index (χ3n) is 3.32. The molecule has 1 saturated carbocycles. The molecule has 106 valence electrons. The predicted octanol–water partition coefficient (Wildman–Crippen LogP) is 2.12. The molecule has 4 nitrogen and oxygen atoms in total. The first-order valence-electron chi connectivity index (χ1n) is 6.96. The monoisotopic (exact) mass is 274 g/mol. The number of aliphatic hydroxyl groups is 1. The highest BCUT2D eigenvalue weighted by atomic mass is 32.2. The lowest BCUT2D eigenvalue weighted by molar-refractivity contribution is 0.0941. The van der Waals surface area contributed by atoms with Crippen LogP contribution in [0.25, 0.3) is 0 Å². The van der Waals surface area contributed by atoms with E-state index in [1.54, 1.807) is 0 Å². The third-order valence-corrected chi connectivity index (χ3v) is 4.26. The fraction of sp³-hybridized carbons (Fsp3) is 0.923. The highest BCUT2D eigenvalue weighted by molar-refractivity contribution is 7.99. The number of carbonyl (C=O) groups is 1. The number of rotatable bonds is 6. The van der Waals surface area contributed by atoms with Crippen LogP contribution < -0.4 is 10.6 Å². The summed E-state index contributed by atoms with van der Waals surface area (Å²) in [7, 11) is 0. The lowest BCUT2D eigenvalue weighted by atomic mass is 9.93. The Bertz CT molecular complexity index is 251. The summed E-state index contributed by atoms with van der Waals surface area (Å²) in [6.45, 7) is 4.16. The predicted molar refractivity (Wildman–Crippen MR) is 77.0 cm³/mol. The molecule has 5 heteroatoms. The van der Waals surface area contributed by atoms with Gasteiger partial charge in [-0.2, -0.15) is 11.8 Å². The van der Waals surface area contributed by atoms with Crippen LogP contribution in [-0.2, 0) is 0 Å². The van der Waals surface area contributed by atoms with Gasteiger partial charge in [-0.05, 0) is 37.7 Å². The van der Waals surface area contributed by atoms with E-state index in [4.69, 9.17) is 0 Å². The van der Waals surface area contributed by atoms with Gasteiger partial charge >= 0.3 is 6.03 Å². The quantitative estimate of drug-likeness (QED) is 0.650. The topological polar surface area (TPSA) is 61.4 Å². The van der Waals surface area contributed by atoms with E-state index in [1.165, 1.54) is 0 Å². The molecule has 0 bridgehead atoms. The van der Waals surface area contributed by atoms with Crippen LogP contribution in [-0.4, -0.2) is 40.8 Å². The molecule has 0 aliphatic heterocycles. The first kappa shape index (κ1) is 15.6. The van der Waals surface area contributed by atoms with E-state index in [2.05, 4.69) is 17.6 Å².